The highest BCUT2D eigenvalue weighted by molar-refractivity contribution is 7.18. The molecule has 2 amide bonds. The zero-order valence-corrected chi connectivity index (χ0v) is 22.9. The van der Waals surface area contributed by atoms with Crippen molar-refractivity contribution in [3.05, 3.63) is 69.1 Å². The summed E-state index contributed by atoms with van der Waals surface area (Å²) in [6.07, 6.45) is 1.95. The van der Waals surface area contributed by atoms with Gasteiger partial charge in [0, 0.05) is 48.5 Å². The third-order valence-corrected chi connectivity index (χ3v) is 8.64. The number of benzene rings is 2. The molecule has 2 aromatic carbocycles. The minimum Gasteiger partial charge on any atom is -0.497 e. The van der Waals surface area contributed by atoms with E-state index in [1.165, 1.54) is 11.3 Å². The second-order valence-corrected chi connectivity index (χ2v) is 11.4. The van der Waals surface area contributed by atoms with Gasteiger partial charge in [-0.1, -0.05) is 0 Å². The maximum absolute atomic E-state index is 12.8. The number of fused-ring (bicyclic) bond motifs is 1. The van der Waals surface area contributed by atoms with Crippen molar-refractivity contribution in [2.24, 2.45) is 0 Å². The Kier molecular flexibility index (Phi) is 7.80. The molecule has 10 heteroatoms. The zero-order valence-electron chi connectivity index (χ0n) is 21.2. The van der Waals surface area contributed by atoms with Crippen molar-refractivity contribution in [2.45, 2.75) is 38.5 Å². The van der Waals surface area contributed by atoms with Gasteiger partial charge in [-0.15, -0.1) is 22.7 Å². The van der Waals surface area contributed by atoms with Gasteiger partial charge in [0.25, 0.3) is 5.91 Å². The van der Waals surface area contributed by atoms with E-state index in [0.717, 1.165) is 33.1 Å². The fourth-order valence-electron chi connectivity index (χ4n) is 4.57. The smallest absolute Gasteiger partial charge is 0.275 e. The Morgan fingerprint density at radius 1 is 1.05 bits per heavy atom. The first-order valence-corrected chi connectivity index (χ1v) is 14.2. The number of rotatable bonds is 8. The van der Waals surface area contributed by atoms with E-state index in [2.05, 4.69) is 15.3 Å². The molecule has 1 fully saturated rings. The normalized spacial score (nSPS) is 14.0. The molecule has 0 spiro atoms. The van der Waals surface area contributed by atoms with Crippen molar-refractivity contribution in [3.63, 3.8) is 0 Å². The predicted molar refractivity (Wildman–Crippen MR) is 150 cm³/mol. The number of ketones is 1. The van der Waals surface area contributed by atoms with E-state index in [4.69, 9.17) is 4.74 Å². The Hall–Kier alpha value is -3.63. The number of aryl methyl sites for hydroxylation is 1. The molecule has 2 aromatic heterocycles. The number of amides is 2. The van der Waals surface area contributed by atoms with Gasteiger partial charge in [0.2, 0.25) is 5.91 Å². The number of carbonyl (C=O) groups is 3. The summed E-state index contributed by atoms with van der Waals surface area (Å²) in [6, 6.07) is 12.7. The van der Waals surface area contributed by atoms with Gasteiger partial charge in [0.1, 0.15) is 11.4 Å². The van der Waals surface area contributed by atoms with Gasteiger partial charge in [0.15, 0.2) is 5.78 Å². The summed E-state index contributed by atoms with van der Waals surface area (Å²) in [6.45, 7) is 3.20. The molecule has 1 N–H and O–H groups in total. The standard InChI is InChI=1S/C28H28N4O4S2/c1-17-29-22-15-20(5-9-25(22)38-17)30-27(35)23-16-37-28(31-23)19-11-13-32(14-12-19)26(34)10-8-24(33)18-3-6-21(36-2)7-4-18/h3-7,9,15-16,19H,8,10-14H2,1-2H3,(H,30,35). The predicted octanol–water partition coefficient (Wildman–Crippen LogP) is 5.69. The number of hydrogen-bond donors (Lipinski definition) is 1. The molecular formula is C28H28N4O4S2. The van der Waals surface area contributed by atoms with Gasteiger partial charge in [0.05, 0.1) is 27.3 Å². The Morgan fingerprint density at radius 3 is 2.55 bits per heavy atom. The van der Waals surface area contributed by atoms with E-state index in [9.17, 15) is 14.4 Å². The number of Topliss-reactive ketones (excluding diaryl/α,β-unsaturated/α-hetero) is 1. The third kappa shape index (κ3) is 5.92. The van der Waals surface area contributed by atoms with Crippen molar-refractivity contribution in [1.82, 2.24) is 14.9 Å². The zero-order chi connectivity index (χ0) is 26.6. The first-order chi connectivity index (χ1) is 18.4. The summed E-state index contributed by atoms with van der Waals surface area (Å²) in [5, 5.41) is 6.62. The topological polar surface area (TPSA) is 101 Å². The average Bonchev–Trinajstić information content (AvgIpc) is 3.58. The SMILES string of the molecule is COc1ccc(C(=O)CCC(=O)N2CCC(c3nc(C(=O)Nc4ccc5sc(C)nc5c4)cs3)CC2)cc1. The molecule has 3 heterocycles. The van der Waals surface area contributed by atoms with Gasteiger partial charge < -0.3 is 15.0 Å². The van der Waals surface area contributed by atoms with E-state index in [1.54, 1.807) is 48.1 Å². The van der Waals surface area contributed by atoms with Crippen LogP contribution in [0.4, 0.5) is 5.69 Å². The van der Waals surface area contributed by atoms with Gasteiger partial charge >= 0.3 is 0 Å². The number of ether oxygens (including phenoxy) is 1. The lowest BCUT2D eigenvalue weighted by Crippen LogP contribution is -2.38. The van der Waals surface area contributed by atoms with E-state index >= 15 is 0 Å². The second-order valence-electron chi connectivity index (χ2n) is 9.25. The summed E-state index contributed by atoms with van der Waals surface area (Å²) in [5.74, 6) is 0.605. The van der Waals surface area contributed by atoms with Crippen molar-refractivity contribution in [3.8, 4) is 5.75 Å². The molecule has 196 valence electrons. The van der Waals surface area contributed by atoms with Gasteiger partial charge in [-0.3, -0.25) is 14.4 Å². The van der Waals surface area contributed by atoms with Crippen LogP contribution in [0.25, 0.3) is 10.2 Å². The van der Waals surface area contributed by atoms with Crippen LogP contribution in [0, 0.1) is 6.92 Å². The molecule has 0 unspecified atom stereocenters. The van der Waals surface area contributed by atoms with Crippen LogP contribution in [-0.2, 0) is 4.79 Å². The van der Waals surface area contributed by atoms with E-state index < -0.39 is 0 Å². The number of thiazole rings is 2. The Bertz CT molecular complexity index is 1470. The molecule has 1 aliphatic heterocycles. The Balaban J connectivity index is 1.10. The van der Waals surface area contributed by atoms with E-state index in [0.29, 0.717) is 35.8 Å². The quantitative estimate of drug-likeness (QED) is 0.284. The molecular weight excluding hydrogens is 520 g/mol. The third-order valence-electron chi connectivity index (χ3n) is 6.68. The summed E-state index contributed by atoms with van der Waals surface area (Å²) in [4.78, 5) is 48.9. The first kappa shape index (κ1) is 26.0. The number of methoxy groups -OCH3 is 1. The molecule has 4 aromatic rings. The number of anilines is 1. The number of piperidine rings is 1. The van der Waals surface area contributed by atoms with Crippen LogP contribution in [-0.4, -0.2) is 52.7 Å². The van der Waals surface area contributed by atoms with Crippen LogP contribution in [0.1, 0.15) is 62.5 Å². The highest BCUT2D eigenvalue weighted by Crippen LogP contribution is 2.31. The van der Waals surface area contributed by atoms with Crippen molar-refractivity contribution in [1.29, 1.82) is 0 Å². The average molecular weight is 549 g/mol. The van der Waals surface area contributed by atoms with Crippen LogP contribution in [0.2, 0.25) is 0 Å². The molecule has 0 bridgehead atoms. The number of nitrogens with zero attached hydrogens (tertiary/aromatic N) is 3. The van der Waals surface area contributed by atoms with Crippen molar-refractivity contribution >= 4 is 56.2 Å². The number of hydrogen-bond acceptors (Lipinski definition) is 8. The summed E-state index contributed by atoms with van der Waals surface area (Å²) in [5.41, 5.74) is 2.55. The minimum absolute atomic E-state index is 0.00297. The van der Waals surface area contributed by atoms with E-state index in [1.807, 2.05) is 30.0 Å². The highest BCUT2D eigenvalue weighted by Gasteiger charge is 2.26. The Morgan fingerprint density at radius 2 is 1.82 bits per heavy atom. The maximum atomic E-state index is 12.8. The summed E-state index contributed by atoms with van der Waals surface area (Å²) < 4.78 is 6.21. The molecule has 5 rings (SSSR count). The molecule has 1 saturated heterocycles. The van der Waals surface area contributed by atoms with Gasteiger partial charge in [-0.25, -0.2) is 9.97 Å². The molecule has 0 atom stereocenters. The van der Waals surface area contributed by atoms with Crippen LogP contribution in [0.15, 0.2) is 47.8 Å². The molecule has 38 heavy (non-hydrogen) atoms. The number of nitrogens with one attached hydrogen (secondary N) is 1. The molecule has 0 aliphatic carbocycles. The molecule has 8 nitrogen and oxygen atoms in total. The Labute approximate surface area is 228 Å². The van der Waals surface area contributed by atoms with Gasteiger partial charge in [-0.2, -0.15) is 0 Å². The number of carbonyl (C=O) groups excluding carboxylic acids is 3. The van der Waals surface area contributed by atoms with Crippen molar-refractivity contribution in [2.75, 3.05) is 25.5 Å². The summed E-state index contributed by atoms with van der Waals surface area (Å²) in [7, 11) is 1.58. The number of aromatic nitrogens is 2. The molecule has 0 radical (unpaired) electrons. The van der Waals surface area contributed by atoms with E-state index in [-0.39, 0.29) is 36.4 Å². The first-order valence-electron chi connectivity index (χ1n) is 12.5. The fraction of sp³-hybridized carbons (Fsp3) is 0.321. The lowest BCUT2D eigenvalue weighted by molar-refractivity contribution is -0.132. The van der Waals surface area contributed by atoms with Crippen LogP contribution in [0.5, 0.6) is 5.75 Å². The largest absolute Gasteiger partial charge is 0.497 e. The maximum Gasteiger partial charge on any atom is 0.275 e. The number of likely N-dealkylation sites (tertiary alicyclic amines) is 1. The lowest BCUT2D eigenvalue weighted by Gasteiger charge is -2.31. The minimum atomic E-state index is -0.243. The second kappa shape index (κ2) is 11.4. The monoisotopic (exact) mass is 548 g/mol. The fourth-order valence-corrected chi connectivity index (χ4v) is 6.35. The summed E-state index contributed by atoms with van der Waals surface area (Å²) >= 11 is 3.11. The van der Waals surface area contributed by atoms with Gasteiger partial charge in [-0.05, 0) is 62.2 Å². The molecule has 1 aliphatic rings. The molecule has 0 saturated carbocycles. The van der Waals surface area contributed by atoms with Crippen LogP contribution in [0.3, 0.4) is 0 Å². The highest BCUT2D eigenvalue weighted by atomic mass is 32.1. The van der Waals surface area contributed by atoms with Crippen LogP contribution >= 0.6 is 22.7 Å². The van der Waals surface area contributed by atoms with Crippen LogP contribution < -0.4 is 10.1 Å². The van der Waals surface area contributed by atoms with Crippen molar-refractivity contribution < 1.29 is 19.1 Å². The lowest BCUT2D eigenvalue weighted by atomic mass is 9.97.